The average Bonchev–Trinajstić information content (AvgIpc) is 2.49. The Hall–Kier alpha value is -0.400. The molecule has 122 valence electrons. The first-order valence-electron chi connectivity index (χ1n) is 6.58. The van der Waals surface area contributed by atoms with Crippen LogP contribution in [-0.4, -0.2) is 23.2 Å². The third kappa shape index (κ3) is 5.35. The van der Waals surface area contributed by atoms with Crippen molar-refractivity contribution in [3.8, 4) is 0 Å². The van der Waals surface area contributed by atoms with E-state index in [9.17, 15) is 10.4 Å². The quantitative estimate of drug-likeness (QED) is 0.425. The summed E-state index contributed by atoms with van der Waals surface area (Å²) in [5.74, 6) is 0. The molecule has 0 heterocycles. The van der Waals surface area contributed by atoms with E-state index in [-0.39, 0.29) is 15.2 Å². The Labute approximate surface area is 149 Å². The van der Waals surface area contributed by atoms with Gasteiger partial charge in [0.25, 0.3) is 0 Å². The van der Waals surface area contributed by atoms with Crippen molar-refractivity contribution < 1.29 is 10.4 Å². The molecule has 1 atom stereocenters. The first kappa shape index (κ1) is 19.6. The number of thioether (sulfide) groups is 1. The Bertz CT molecular complexity index is 542. The minimum absolute atomic E-state index is 0.0979. The van der Waals surface area contributed by atoms with Crippen LogP contribution in [0, 0.1) is 5.21 Å². The summed E-state index contributed by atoms with van der Waals surface area (Å²) in [6.07, 6.45) is 0. The lowest BCUT2D eigenvalue weighted by molar-refractivity contribution is -1.01. The summed E-state index contributed by atoms with van der Waals surface area (Å²) in [6.45, 7) is 5.14. The highest BCUT2D eigenvalue weighted by atomic mass is 35.5. The monoisotopic (exact) mass is 382 g/mol. The van der Waals surface area contributed by atoms with Crippen molar-refractivity contribution >= 4 is 46.6 Å². The van der Waals surface area contributed by atoms with Crippen molar-refractivity contribution in [2.24, 2.45) is 0 Å². The number of nitrogens with one attached hydrogen (secondary N) is 1. The molecule has 0 saturated carbocycles. The highest BCUT2D eigenvalue weighted by Crippen LogP contribution is 2.34. The van der Waals surface area contributed by atoms with Gasteiger partial charge in [0, 0.05) is 18.0 Å². The zero-order valence-electron chi connectivity index (χ0n) is 12.1. The molecule has 0 fully saturated rings. The van der Waals surface area contributed by atoms with Crippen molar-refractivity contribution in [1.29, 1.82) is 0 Å². The molecule has 22 heavy (non-hydrogen) atoms. The zero-order valence-corrected chi connectivity index (χ0v) is 15.2. The van der Waals surface area contributed by atoms with Crippen LogP contribution in [0.2, 0.25) is 0 Å². The van der Waals surface area contributed by atoms with Crippen LogP contribution in [-0.2, 0) is 0 Å². The van der Waals surface area contributed by atoms with Gasteiger partial charge in [0.15, 0.2) is 0 Å². The van der Waals surface area contributed by atoms with Crippen LogP contribution in [0.15, 0.2) is 55.5 Å². The molecule has 0 amide bonds. The highest BCUT2D eigenvalue weighted by Gasteiger charge is 2.25. The van der Waals surface area contributed by atoms with Crippen LogP contribution < -0.4 is 5.23 Å². The van der Waals surface area contributed by atoms with Gasteiger partial charge in [0.1, 0.15) is 14.6 Å². The molecule has 1 aromatic carbocycles. The van der Waals surface area contributed by atoms with Crippen LogP contribution in [0.5, 0.6) is 0 Å². The Morgan fingerprint density at radius 2 is 1.73 bits per heavy atom. The molecular formula is C14H17Cl3N2O2S. The van der Waals surface area contributed by atoms with E-state index in [0.29, 0.717) is 18.1 Å². The number of hydroxylamine groups is 2. The molecule has 0 radical (unpaired) electrons. The van der Waals surface area contributed by atoms with E-state index in [4.69, 9.17) is 34.8 Å². The third-order valence-corrected chi connectivity index (χ3v) is 4.93. The summed E-state index contributed by atoms with van der Waals surface area (Å²) >= 11 is 18.7. The molecule has 0 aliphatic carbocycles. The Balaban J connectivity index is 3.44. The fourth-order valence-electron chi connectivity index (χ4n) is 1.76. The van der Waals surface area contributed by atoms with Crippen molar-refractivity contribution in [2.75, 3.05) is 13.1 Å². The lowest BCUT2D eigenvalue weighted by Gasteiger charge is -2.27. The van der Waals surface area contributed by atoms with E-state index in [1.807, 2.05) is 49.1 Å². The van der Waals surface area contributed by atoms with Gasteiger partial charge in [-0.2, -0.15) is 5.23 Å². The van der Waals surface area contributed by atoms with E-state index >= 15 is 0 Å². The summed E-state index contributed by atoms with van der Waals surface area (Å²) in [6, 6.07) is 9.45. The lowest BCUT2D eigenvalue weighted by atomic mass is 10.4. The van der Waals surface area contributed by atoms with Crippen molar-refractivity contribution in [3.05, 3.63) is 55.8 Å². The van der Waals surface area contributed by atoms with Gasteiger partial charge in [-0.25, -0.2) is 5.21 Å². The molecule has 0 aromatic heterocycles. The fraction of sp³-hybridized carbons (Fsp3) is 0.286. The van der Waals surface area contributed by atoms with E-state index < -0.39 is 5.23 Å². The molecule has 0 saturated heterocycles. The predicted molar refractivity (Wildman–Crippen MR) is 92.9 cm³/mol. The molecule has 2 N–H and O–H groups in total. The number of allylic oxidation sites excluding steroid dienone is 1. The number of nitrogens with zero attached hydrogens (tertiary/aromatic N) is 1. The molecule has 0 spiro atoms. The largest absolute Gasteiger partial charge is 0.595 e. The van der Waals surface area contributed by atoms with Gasteiger partial charge < -0.3 is 10.1 Å². The number of hydrogen-bond acceptors (Lipinski definition) is 4. The standard InChI is InChI=1S/C14H17Cl3N2O2S/c1-3-18(4-2)14(22-10-8-6-5-7-9-10)12(19(20)21)11(15)13(16)17/h5-9,19-20H,3-4H2,1-2H3/b14-12+. The van der Waals surface area contributed by atoms with Gasteiger partial charge in [-0.05, 0) is 26.0 Å². The zero-order chi connectivity index (χ0) is 16.7. The molecule has 4 nitrogen and oxygen atoms in total. The second-order valence-corrected chi connectivity index (χ2v) is 6.54. The SMILES string of the molecule is CCN(CC)/C(Sc1ccccc1)=C(/C(Cl)=C(Cl)Cl)[NH+]([O-])O. The maximum Gasteiger partial charge on any atom is 0.215 e. The van der Waals surface area contributed by atoms with E-state index in [0.717, 1.165) is 4.90 Å². The number of benzene rings is 1. The molecular weight excluding hydrogens is 367 g/mol. The number of halogens is 3. The van der Waals surface area contributed by atoms with Gasteiger partial charge in [0.05, 0.1) is 0 Å². The van der Waals surface area contributed by atoms with Crippen LogP contribution in [0.1, 0.15) is 13.8 Å². The van der Waals surface area contributed by atoms with Crippen molar-refractivity contribution in [2.45, 2.75) is 18.7 Å². The Morgan fingerprint density at radius 1 is 1.18 bits per heavy atom. The summed E-state index contributed by atoms with van der Waals surface area (Å²) in [5, 5.41) is 20.4. The maximum absolute atomic E-state index is 11.7. The topological polar surface area (TPSA) is 51.0 Å². The van der Waals surface area contributed by atoms with Gasteiger partial charge in [-0.15, -0.1) is 0 Å². The second kappa shape index (κ2) is 9.67. The summed E-state index contributed by atoms with van der Waals surface area (Å²) in [7, 11) is 0. The van der Waals surface area contributed by atoms with Gasteiger partial charge in [0.2, 0.25) is 5.70 Å². The first-order valence-corrected chi connectivity index (χ1v) is 8.53. The fourth-order valence-corrected chi connectivity index (χ4v) is 3.37. The van der Waals surface area contributed by atoms with E-state index in [1.165, 1.54) is 11.8 Å². The van der Waals surface area contributed by atoms with Crippen molar-refractivity contribution in [1.82, 2.24) is 4.90 Å². The number of hydrogen-bond donors (Lipinski definition) is 2. The van der Waals surface area contributed by atoms with Crippen LogP contribution in [0.3, 0.4) is 0 Å². The maximum atomic E-state index is 11.7. The van der Waals surface area contributed by atoms with Gasteiger partial charge >= 0.3 is 0 Å². The Kier molecular flexibility index (Phi) is 8.64. The molecule has 0 aliphatic rings. The molecule has 8 heteroatoms. The molecule has 1 aromatic rings. The lowest BCUT2D eigenvalue weighted by Crippen LogP contribution is -3.03. The Morgan fingerprint density at radius 3 is 2.14 bits per heavy atom. The van der Waals surface area contributed by atoms with Crippen molar-refractivity contribution in [3.63, 3.8) is 0 Å². The van der Waals surface area contributed by atoms with Crippen LogP contribution >= 0.6 is 46.6 Å². The summed E-state index contributed by atoms with van der Waals surface area (Å²) < 4.78 is -0.266. The molecule has 1 rings (SSSR count). The minimum Gasteiger partial charge on any atom is -0.595 e. The summed E-state index contributed by atoms with van der Waals surface area (Å²) in [5.41, 5.74) is -0.0979. The number of rotatable bonds is 7. The average molecular weight is 384 g/mol. The van der Waals surface area contributed by atoms with E-state index in [2.05, 4.69) is 0 Å². The molecule has 1 unspecified atom stereocenters. The third-order valence-electron chi connectivity index (χ3n) is 2.82. The van der Waals surface area contributed by atoms with Crippen LogP contribution in [0.4, 0.5) is 0 Å². The number of quaternary nitrogens is 1. The second-order valence-electron chi connectivity index (χ2n) is 4.15. The van der Waals surface area contributed by atoms with Crippen LogP contribution in [0.25, 0.3) is 0 Å². The highest BCUT2D eigenvalue weighted by molar-refractivity contribution is 8.03. The minimum atomic E-state index is -1.17. The van der Waals surface area contributed by atoms with E-state index in [1.54, 1.807) is 0 Å². The molecule has 0 bridgehead atoms. The smallest absolute Gasteiger partial charge is 0.215 e. The van der Waals surface area contributed by atoms with Gasteiger partial charge in [-0.1, -0.05) is 64.8 Å². The normalized spacial score (nSPS) is 13.4. The van der Waals surface area contributed by atoms with Gasteiger partial charge in [-0.3, -0.25) is 0 Å². The predicted octanol–water partition coefficient (Wildman–Crippen LogP) is 3.95. The summed E-state index contributed by atoms with van der Waals surface area (Å²) in [4.78, 5) is 2.80. The molecule has 0 aliphatic heterocycles. The first-order chi connectivity index (χ1) is 10.4.